The van der Waals surface area contributed by atoms with E-state index in [2.05, 4.69) is 5.32 Å². The summed E-state index contributed by atoms with van der Waals surface area (Å²) in [6, 6.07) is 4.34. The molecule has 1 aromatic rings. The Morgan fingerprint density at radius 1 is 1.41 bits per heavy atom. The average molecular weight is 327 g/mol. The van der Waals surface area contributed by atoms with E-state index in [9.17, 15) is 14.7 Å². The van der Waals surface area contributed by atoms with Crippen molar-refractivity contribution in [2.75, 3.05) is 19.7 Å². The van der Waals surface area contributed by atoms with E-state index in [0.29, 0.717) is 38.1 Å². The van der Waals surface area contributed by atoms with Crippen LogP contribution in [0.4, 0.5) is 4.79 Å². The van der Waals surface area contributed by atoms with Crippen molar-refractivity contribution < 1.29 is 19.4 Å². The van der Waals surface area contributed by atoms with Gasteiger partial charge in [-0.25, -0.2) is 4.79 Å². The normalized spacial score (nSPS) is 15.5. The van der Waals surface area contributed by atoms with Crippen molar-refractivity contribution in [1.29, 1.82) is 0 Å². The summed E-state index contributed by atoms with van der Waals surface area (Å²) in [5.74, 6) is -0.294. The van der Waals surface area contributed by atoms with Crippen molar-refractivity contribution in [3.8, 4) is 5.75 Å². The minimum absolute atomic E-state index is 0.00533. The molecule has 7 heteroatoms. The quantitative estimate of drug-likeness (QED) is 0.894. The first-order valence-electron chi connectivity index (χ1n) is 7.22. The molecule has 0 bridgehead atoms. The third-order valence-electron chi connectivity index (χ3n) is 3.57. The van der Waals surface area contributed by atoms with Crippen LogP contribution >= 0.6 is 11.6 Å². The second kappa shape index (κ2) is 7.35. The molecule has 120 valence electrons. The first kappa shape index (κ1) is 16.4. The molecule has 22 heavy (non-hydrogen) atoms. The number of nitrogens with zero attached hydrogens (tertiary/aromatic N) is 1. The third-order valence-corrected chi connectivity index (χ3v) is 3.87. The predicted molar refractivity (Wildman–Crippen MR) is 82.2 cm³/mol. The molecule has 0 spiro atoms. The Balaban J connectivity index is 1.86. The van der Waals surface area contributed by atoms with E-state index in [1.165, 1.54) is 18.2 Å². The Labute approximate surface area is 134 Å². The summed E-state index contributed by atoms with van der Waals surface area (Å²) in [5, 5.41) is 12.4. The summed E-state index contributed by atoms with van der Waals surface area (Å²) >= 11 is 5.80. The van der Waals surface area contributed by atoms with Crippen LogP contribution in [-0.4, -0.2) is 47.7 Å². The molecule has 0 unspecified atom stereocenters. The number of carbonyl (C=O) groups excluding carboxylic acids is 2. The minimum atomic E-state index is -0.308. The van der Waals surface area contributed by atoms with Gasteiger partial charge in [0.25, 0.3) is 5.91 Å². The lowest BCUT2D eigenvalue weighted by Crippen LogP contribution is -2.46. The molecular formula is C15H19ClN2O4. The van der Waals surface area contributed by atoms with Crippen LogP contribution in [0.15, 0.2) is 18.2 Å². The van der Waals surface area contributed by atoms with Gasteiger partial charge in [-0.1, -0.05) is 11.6 Å². The summed E-state index contributed by atoms with van der Waals surface area (Å²) in [6.07, 6.45) is 1.05. The van der Waals surface area contributed by atoms with Gasteiger partial charge in [0.05, 0.1) is 11.6 Å². The minimum Gasteiger partial charge on any atom is -0.506 e. The molecule has 0 saturated carbocycles. The van der Waals surface area contributed by atoms with E-state index < -0.39 is 0 Å². The molecule has 1 aromatic carbocycles. The third kappa shape index (κ3) is 4.04. The Hall–Kier alpha value is -1.95. The Kier molecular flexibility index (Phi) is 5.49. The van der Waals surface area contributed by atoms with Crippen LogP contribution in [0.3, 0.4) is 0 Å². The van der Waals surface area contributed by atoms with E-state index >= 15 is 0 Å². The van der Waals surface area contributed by atoms with Crippen molar-refractivity contribution in [3.05, 3.63) is 28.8 Å². The predicted octanol–water partition coefficient (Wildman–Crippen LogP) is 2.40. The maximum Gasteiger partial charge on any atom is 0.409 e. The number of amides is 2. The number of phenolic OH excluding ortho intramolecular Hbond substituents is 1. The van der Waals surface area contributed by atoms with E-state index in [-0.39, 0.29) is 28.8 Å². The molecular weight excluding hydrogens is 308 g/mol. The number of likely N-dealkylation sites (tertiary alicyclic amines) is 1. The van der Waals surface area contributed by atoms with Gasteiger partial charge in [0, 0.05) is 24.7 Å². The number of rotatable bonds is 3. The zero-order chi connectivity index (χ0) is 16.1. The largest absolute Gasteiger partial charge is 0.506 e. The lowest BCUT2D eigenvalue weighted by molar-refractivity contribution is 0.0860. The molecule has 2 amide bonds. The number of benzene rings is 1. The molecule has 0 aliphatic carbocycles. The number of carbonyl (C=O) groups is 2. The molecule has 6 nitrogen and oxygen atoms in total. The van der Waals surface area contributed by atoms with Gasteiger partial charge in [-0.3, -0.25) is 4.79 Å². The fourth-order valence-corrected chi connectivity index (χ4v) is 2.52. The molecule has 2 N–H and O–H groups in total. The van der Waals surface area contributed by atoms with Crippen LogP contribution in [-0.2, 0) is 4.74 Å². The standard InChI is InChI=1S/C15H19ClN2O4/c1-2-22-15(21)18-7-5-11(6-8-18)17-14(20)10-3-4-13(19)12(16)9-10/h3-4,9,11,19H,2,5-8H2,1H3,(H,17,20). The Morgan fingerprint density at radius 2 is 2.09 bits per heavy atom. The molecule has 1 fully saturated rings. The molecule has 1 heterocycles. The van der Waals surface area contributed by atoms with Gasteiger partial charge in [-0.05, 0) is 38.0 Å². The number of hydrogen-bond acceptors (Lipinski definition) is 4. The summed E-state index contributed by atoms with van der Waals surface area (Å²) in [6.45, 7) is 3.24. The van der Waals surface area contributed by atoms with Crippen molar-refractivity contribution in [1.82, 2.24) is 10.2 Å². The molecule has 0 atom stereocenters. The monoisotopic (exact) mass is 326 g/mol. The van der Waals surface area contributed by atoms with Crippen molar-refractivity contribution >= 4 is 23.6 Å². The molecule has 1 aliphatic heterocycles. The van der Waals surface area contributed by atoms with Gasteiger partial charge in [0.1, 0.15) is 5.75 Å². The summed E-state index contributed by atoms with van der Waals surface area (Å²) < 4.78 is 4.95. The van der Waals surface area contributed by atoms with Gasteiger partial charge < -0.3 is 20.1 Å². The number of ether oxygens (including phenoxy) is 1. The van der Waals surface area contributed by atoms with Gasteiger partial charge in [-0.15, -0.1) is 0 Å². The number of aromatic hydroxyl groups is 1. The highest BCUT2D eigenvalue weighted by atomic mass is 35.5. The van der Waals surface area contributed by atoms with Gasteiger partial charge >= 0.3 is 6.09 Å². The van der Waals surface area contributed by atoms with E-state index in [1.54, 1.807) is 11.8 Å². The van der Waals surface area contributed by atoms with E-state index in [0.717, 1.165) is 0 Å². The van der Waals surface area contributed by atoms with Crippen LogP contribution in [0.25, 0.3) is 0 Å². The highest BCUT2D eigenvalue weighted by Gasteiger charge is 2.24. The molecule has 0 radical (unpaired) electrons. The van der Waals surface area contributed by atoms with Crippen LogP contribution in [0.2, 0.25) is 5.02 Å². The van der Waals surface area contributed by atoms with Crippen LogP contribution in [0.1, 0.15) is 30.1 Å². The highest BCUT2D eigenvalue weighted by molar-refractivity contribution is 6.32. The zero-order valence-corrected chi connectivity index (χ0v) is 13.1. The second-order valence-corrected chi connectivity index (χ2v) is 5.51. The van der Waals surface area contributed by atoms with Crippen molar-refractivity contribution in [2.24, 2.45) is 0 Å². The highest BCUT2D eigenvalue weighted by Crippen LogP contribution is 2.23. The number of piperidine rings is 1. The summed E-state index contributed by atoms with van der Waals surface area (Å²) in [7, 11) is 0. The maximum absolute atomic E-state index is 12.1. The second-order valence-electron chi connectivity index (χ2n) is 5.10. The van der Waals surface area contributed by atoms with E-state index in [4.69, 9.17) is 16.3 Å². The van der Waals surface area contributed by atoms with E-state index in [1.807, 2.05) is 0 Å². The topological polar surface area (TPSA) is 78.9 Å². The van der Waals surface area contributed by atoms with Crippen molar-refractivity contribution in [2.45, 2.75) is 25.8 Å². The fraction of sp³-hybridized carbons (Fsp3) is 0.467. The lowest BCUT2D eigenvalue weighted by Gasteiger charge is -2.31. The number of hydrogen-bond donors (Lipinski definition) is 2. The number of halogens is 1. The number of phenols is 1. The first-order chi connectivity index (χ1) is 10.5. The lowest BCUT2D eigenvalue weighted by atomic mass is 10.0. The van der Waals surface area contributed by atoms with Crippen LogP contribution in [0.5, 0.6) is 5.75 Å². The number of nitrogens with one attached hydrogen (secondary N) is 1. The first-order valence-corrected chi connectivity index (χ1v) is 7.60. The average Bonchev–Trinajstić information content (AvgIpc) is 2.51. The maximum atomic E-state index is 12.1. The van der Waals surface area contributed by atoms with Crippen LogP contribution < -0.4 is 5.32 Å². The van der Waals surface area contributed by atoms with Crippen molar-refractivity contribution in [3.63, 3.8) is 0 Å². The fourth-order valence-electron chi connectivity index (χ4n) is 2.34. The van der Waals surface area contributed by atoms with Gasteiger partial charge in [0.2, 0.25) is 0 Å². The summed E-state index contributed by atoms with van der Waals surface area (Å²) in [4.78, 5) is 25.4. The molecule has 2 rings (SSSR count). The molecule has 1 saturated heterocycles. The Morgan fingerprint density at radius 3 is 2.68 bits per heavy atom. The van der Waals surface area contributed by atoms with Gasteiger partial charge in [-0.2, -0.15) is 0 Å². The zero-order valence-electron chi connectivity index (χ0n) is 12.3. The Bertz CT molecular complexity index is 556. The smallest absolute Gasteiger partial charge is 0.409 e. The van der Waals surface area contributed by atoms with Crippen LogP contribution in [0, 0.1) is 0 Å². The molecule has 1 aliphatic rings. The van der Waals surface area contributed by atoms with Gasteiger partial charge in [0.15, 0.2) is 0 Å². The SMILES string of the molecule is CCOC(=O)N1CCC(NC(=O)c2ccc(O)c(Cl)c2)CC1. The summed E-state index contributed by atoms with van der Waals surface area (Å²) in [5.41, 5.74) is 0.399. The molecule has 0 aromatic heterocycles.